The smallest absolute Gasteiger partial charge is 0.324 e. The third-order valence-electron chi connectivity index (χ3n) is 2.79. The molecule has 0 aliphatic heterocycles. The van der Waals surface area contributed by atoms with Gasteiger partial charge in [-0.1, -0.05) is 13.0 Å². The first-order chi connectivity index (χ1) is 9.77. The van der Waals surface area contributed by atoms with E-state index in [1.165, 1.54) is 6.07 Å². The second-order valence-corrected chi connectivity index (χ2v) is 4.72. The van der Waals surface area contributed by atoms with Gasteiger partial charge in [-0.15, -0.1) is 0 Å². The molecule has 1 amide bonds. The van der Waals surface area contributed by atoms with Crippen LogP contribution in [0.1, 0.15) is 29.3 Å². The standard InChI is InChI=1S/C14H18F4N2O/c1-3-6-19-11-7-9(2)4-5-10(11)12(21)20-8-14(17,18)13(15)16/h4-5,7,13,19H,3,6,8H2,1-2H3,(H,20,21). The molecule has 0 saturated heterocycles. The molecule has 0 aliphatic carbocycles. The van der Waals surface area contributed by atoms with Gasteiger partial charge in [0.15, 0.2) is 0 Å². The number of amides is 1. The number of benzene rings is 1. The highest BCUT2D eigenvalue weighted by Gasteiger charge is 2.40. The van der Waals surface area contributed by atoms with Crippen LogP contribution in [0.5, 0.6) is 0 Å². The van der Waals surface area contributed by atoms with Crippen molar-refractivity contribution in [2.45, 2.75) is 32.6 Å². The first-order valence-electron chi connectivity index (χ1n) is 6.56. The normalized spacial score (nSPS) is 11.6. The van der Waals surface area contributed by atoms with Crippen LogP contribution in [0.2, 0.25) is 0 Å². The monoisotopic (exact) mass is 306 g/mol. The van der Waals surface area contributed by atoms with Gasteiger partial charge in [-0.05, 0) is 31.0 Å². The Morgan fingerprint density at radius 1 is 1.33 bits per heavy atom. The van der Waals surface area contributed by atoms with E-state index in [0.29, 0.717) is 12.2 Å². The van der Waals surface area contributed by atoms with Crippen molar-refractivity contribution in [3.8, 4) is 0 Å². The van der Waals surface area contributed by atoms with Crippen molar-refractivity contribution in [3.63, 3.8) is 0 Å². The van der Waals surface area contributed by atoms with E-state index in [4.69, 9.17) is 0 Å². The lowest BCUT2D eigenvalue weighted by Gasteiger charge is -2.17. The number of hydrogen-bond donors (Lipinski definition) is 2. The summed E-state index contributed by atoms with van der Waals surface area (Å²) in [7, 11) is 0. The Morgan fingerprint density at radius 3 is 2.57 bits per heavy atom. The van der Waals surface area contributed by atoms with Gasteiger partial charge in [0, 0.05) is 12.2 Å². The van der Waals surface area contributed by atoms with Gasteiger partial charge in [0.1, 0.15) is 0 Å². The topological polar surface area (TPSA) is 41.1 Å². The Balaban J connectivity index is 2.82. The Bertz CT molecular complexity index is 492. The minimum atomic E-state index is -4.24. The third kappa shape index (κ3) is 4.91. The predicted molar refractivity (Wildman–Crippen MR) is 73.2 cm³/mol. The fourth-order valence-electron chi connectivity index (χ4n) is 1.63. The van der Waals surface area contributed by atoms with Crippen LogP contribution in [0.25, 0.3) is 0 Å². The number of rotatable bonds is 7. The Labute approximate surface area is 120 Å². The summed E-state index contributed by atoms with van der Waals surface area (Å²) in [6.45, 7) is 2.97. The van der Waals surface area contributed by atoms with E-state index in [9.17, 15) is 22.4 Å². The Morgan fingerprint density at radius 2 is 2.00 bits per heavy atom. The van der Waals surface area contributed by atoms with Crippen LogP contribution >= 0.6 is 0 Å². The van der Waals surface area contributed by atoms with E-state index >= 15 is 0 Å². The highest BCUT2D eigenvalue weighted by Crippen LogP contribution is 2.22. The number of nitrogens with one attached hydrogen (secondary N) is 2. The van der Waals surface area contributed by atoms with Crippen LogP contribution in [0.3, 0.4) is 0 Å². The van der Waals surface area contributed by atoms with E-state index in [-0.39, 0.29) is 5.56 Å². The van der Waals surface area contributed by atoms with E-state index in [0.717, 1.165) is 12.0 Å². The summed E-state index contributed by atoms with van der Waals surface area (Å²) < 4.78 is 49.7. The number of aryl methyl sites for hydroxylation is 1. The zero-order chi connectivity index (χ0) is 16.0. The van der Waals surface area contributed by atoms with Crippen molar-refractivity contribution in [1.82, 2.24) is 5.32 Å². The molecule has 0 bridgehead atoms. The number of anilines is 1. The van der Waals surface area contributed by atoms with Crippen LogP contribution in [0.15, 0.2) is 18.2 Å². The van der Waals surface area contributed by atoms with Crippen LogP contribution in [-0.4, -0.2) is 31.3 Å². The summed E-state index contributed by atoms with van der Waals surface area (Å²) in [5.41, 5.74) is 1.54. The molecule has 0 fully saturated rings. The number of alkyl halides is 4. The Kier molecular flexibility index (Phi) is 5.99. The minimum Gasteiger partial charge on any atom is -0.384 e. The molecule has 1 rings (SSSR count). The molecule has 21 heavy (non-hydrogen) atoms. The molecule has 1 aromatic rings. The second-order valence-electron chi connectivity index (χ2n) is 4.72. The van der Waals surface area contributed by atoms with Gasteiger partial charge in [0.25, 0.3) is 5.91 Å². The van der Waals surface area contributed by atoms with Crippen molar-refractivity contribution in [2.24, 2.45) is 0 Å². The number of carbonyl (C=O) groups is 1. The van der Waals surface area contributed by atoms with Gasteiger partial charge in [0.05, 0.1) is 12.1 Å². The van der Waals surface area contributed by atoms with Gasteiger partial charge < -0.3 is 10.6 Å². The first kappa shape index (κ1) is 17.3. The van der Waals surface area contributed by atoms with Crippen LogP contribution < -0.4 is 10.6 Å². The first-order valence-corrected chi connectivity index (χ1v) is 6.56. The number of carbonyl (C=O) groups excluding carboxylic acids is 1. The van der Waals surface area contributed by atoms with E-state index in [1.54, 1.807) is 12.1 Å². The lowest BCUT2D eigenvalue weighted by molar-refractivity contribution is -0.123. The summed E-state index contributed by atoms with van der Waals surface area (Å²) in [5, 5.41) is 4.86. The molecule has 1 aromatic carbocycles. The molecule has 3 nitrogen and oxygen atoms in total. The molecule has 0 aliphatic rings. The molecule has 0 saturated carbocycles. The van der Waals surface area contributed by atoms with Gasteiger partial charge in [-0.3, -0.25) is 4.79 Å². The molecule has 0 aromatic heterocycles. The third-order valence-corrected chi connectivity index (χ3v) is 2.79. The lowest BCUT2D eigenvalue weighted by Crippen LogP contribution is -2.41. The summed E-state index contributed by atoms with van der Waals surface area (Å²) in [6.07, 6.45) is -2.99. The summed E-state index contributed by atoms with van der Waals surface area (Å²) in [6, 6.07) is 4.83. The molecule has 118 valence electrons. The van der Waals surface area contributed by atoms with Crippen LogP contribution in [0.4, 0.5) is 23.2 Å². The average molecular weight is 306 g/mol. The molecular weight excluding hydrogens is 288 g/mol. The number of hydrogen-bond acceptors (Lipinski definition) is 2. The molecule has 0 radical (unpaired) electrons. The molecule has 0 unspecified atom stereocenters. The van der Waals surface area contributed by atoms with Gasteiger partial charge in [-0.25, -0.2) is 8.78 Å². The van der Waals surface area contributed by atoms with E-state index in [2.05, 4.69) is 5.32 Å². The summed E-state index contributed by atoms with van der Waals surface area (Å²) in [5.74, 6) is -5.05. The van der Waals surface area contributed by atoms with Crippen LogP contribution in [0, 0.1) is 6.92 Å². The Hall–Kier alpha value is -1.79. The molecule has 2 N–H and O–H groups in total. The van der Waals surface area contributed by atoms with Gasteiger partial charge in [0.2, 0.25) is 0 Å². The van der Waals surface area contributed by atoms with Crippen molar-refractivity contribution in [2.75, 3.05) is 18.4 Å². The average Bonchev–Trinajstić information content (AvgIpc) is 2.42. The maximum Gasteiger partial charge on any atom is 0.324 e. The van der Waals surface area contributed by atoms with Gasteiger partial charge >= 0.3 is 12.3 Å². The van der Waals surface area contributed by atoms with Crippen molar-refractivity contribution >= 4 is 11.6 Å². The maximum atomic E-state index is 12.8. The van der Waals surface area contributed by atoms with Gasteiger partial charge in [-0.2, -0.15) is 8.78 Å². The van der Waals surface area contributed by atoms with Crippen molar-refractivity contribution in [3.05, 3.63) is 29.3 Å². The molecule has 7 heteroatoms. The van der Waals surface area contributed by atoms with E-state index < -0.39 is 24.8 Å². The largest absolute Gasteiger partial charge is 0.384 e. The van der Waals surface area contributed by atoms with Crippen LogP contribution in [-0.2, 0) is 0 Å². The van der Waals surface area contributed by atoms with Crippen molar-refractivity contribution < 1.29 is 22.4 Å². The van der Waals surface area contributed by atoms with Crippen molar-refractivity contribution in [1.29, 1.82) is 0 Å². The quantitative estimate of drug-likeness (QED) is 0.758. The molecule has 0 spiro atoms. The fourth-order valence-corrected chi connectivity index (χ4v) is 1.63. The molecule has 0 heterocycles. The molecule has 0 atom stereocenters. The maximum absolute atomic E-state index is 12.8. The highest BCUT2D eigenvalue weighted by molar-refractivity contribution is 5.99. The zero-order valence-electron chi connectivity index (χ0n) is 11.9. The highest BCUT2D eigenvalue weighted by atomic mass is 19.3. The second kappa shape index (κ2) is 7.28. The minimum absolute atomic E-state index is 0.152. The zero-order valence-corrected chi connectivity index (χ0v) is 11.9. The SMILES string of the molecule is CCCNc1cc(C)ccc1C(=O)NCC(F)(F)C(F)F. The van der Waals surface area contributed by atoms with E-state index in [1.807, 2.05) is 19.2 Å². The lowest BCUT2D eigenvalue weighted by atomic mass is 10.1. The summed E-state index contributed by atoms with van der Waals surface area (Å²) >= 11 is 0. The summed E-state index contributed by atoms with van der Waals surface area (Å²) in [4.78, 5) is 11.9. The predicted octanol–water partition coefficient (Wildman–Crippen LogP) is 3.45. The molecular formula is C14H18F4N2O. The fraction of sp³-hybridized carbons (Fsp3) is 0.500. The number of halogens is 4.